The molecule has 3 aromatic carbocycles. The average molecular weight is 475 g/mol. The summed E-state index contributed by atoms with van der Waals surface area (Å²) in [7, 11) is 0. The van der Waals surface area contributed by atoms with Crippen molar-refractivity contribution in [3.63, 3.8) is 0 Å². The highest BCUT2D eigenvalue weighted by Gasteiger charge is 2.21. The van der Waals surface area contributed by atoms with Gasteiger partial charge in [-0.05, 0) is 30.3 Å². The Labute approximate surface area is 186 Å². The Morgan fingerprint density at radius 3 is 2.24 bits per heavy atom. The Morgan fingerprint density at radius 1 is 0.970 bits per heavy atom. The Kier molecular flexibility index (Phi) is 5.44. The third kappa shape index (κ3) is 4.32. The van der Waals surface area contributed by atoms with Crippen LogP contribution in [0.3, 0.4) is 0 Å². The van der Waals surface area contributed by atoms with Gasteiger partial charge in [-0.25, -0.2) is 13.8 Å². The highest BCUT2D eigenvalue weighted by Crippen LogP contribution is 2.32. The fourth-order valence-corrected chi connectivity index (χ4v) is 3.18. The summed E-state index contributed by atoms with van der Waals surface area (Å²) >= 11 is 5.94. The van der Waals surface area contributed by atoms with Crippen molar-refractivity contribution >= 4 is 45.7 Å². The van der Waals surface area contributed by atoms with Crippen LogP contribution in [0.15, 0.2) is 52.9 Å². The lowest BCUT2D eigenvalue weighted by atomic mass is 10.1. The van der Waals surface area contributed by atoms with E-state index >= 15 is 0 Å². The van der Waals surface area contributed by atoms with E-state index in [1.165, 1.54) is 18.2 Å². The van der Waals surface area contributed by atoms with Gasteiger partial charge in [-0.1, -0.05) is 11.6 Å². The van der Waals surface area contributed by atoms with Crippen LogP contribution in [0.4, 0.5) is 25.8 Å². The van der Waals surface area contributed by atoms with Gasteiger partial charge >= 0.3 is 0 Å². The molecule has 1 aromatic heterocycles. The number of fused-ring (bicyclic) bond motifs is 1. The molecular weight excluding hydrogens is 466 g/mol. The molecule has 0 unspecified atom stereocenters. The first-order valence-corrected chi connectivity index (χ1v) is 9.31. The number of benzene rings is 3. The third-order valence-corrected chi connectivity index (χ3v) is 4.78. The summed E-state index contributed by atoms with van der Waals surface area (Å²) in [4.78, 5) is 37.0. The molecule has 1 amide bonds. The Hall–Kier alpha value is -4.45. The number of halogens is 3. The van der Waals surface area contributed by atoms with Crippen molar-refractivity contribution < 1.29 is 27.8 Å². The molecule has 0 atom stereocenters. The lowest BCUT2D eigenvalue weighted by Gasteiger charge is -2.05. The largest absolute Gasteiger partial charge is 0.436 e. The smallest absolute Gasteiger partial charge is 0.277 e. The number of oxazole rings is 1. The maximum Gasteiger partial charge on any atom is 0.277 e. The van der Waals surface area contributed by atoms with Gasteiger partial charge in [-0.2, -0.15) is 0 Å². The molecule has 0 aliphatic rings. The first kappa shape index (κ1) is 21.8. The van der Waals surface area contributed by atoms with Gasteiger partial charge in [0.15, 0.2) is 17.2 Å². The quantitative estimate of drug-likeness (QED) is 0.229. The molecule has 33 heavy (non-hydrogen) atoms. The van der Waals surface area contributed by atoms with E-state index in [0.717, 1.165) is 30.3 Å². The molecule has 0 bridgehead atoms. The van der Waals surface area contributed by atoms with E-state index < -0.39 is 38.8 Å². The lowest BCUT2D eigenvalue weighted by Crippen LogP contribution is -2.12. The average Bonchev–Trinajstić information content (AvgIpc) is 3.18. The highest BCUT2D eigenvalue weighted by molar-refractivity contribution is 6.33. The second kappa shape index (κ2) is 8.24. The number of nitrogens with one attached hydrogen (secondary N) is 1. The van der Waals surface area contributed by atoms with Gasteiger partial charge in [0.25, 0.3) is 17.3 Å². The van der Waals surface area contributed by atoms with Gasteiger partial charge in [0.05, 0.1) is 32.1 Å². The van der Waals surface area contributed by atoms with Crippen LogP contribution in [0.1, 0.15) is 10.4 Å². The van der Waals surface area contributed by atoms with Crippen molar-refractivity contribution in [1.82, 2.24) is 4.98 Å². The van der Waals surface area contributed by atoms with Crippen molar-refractivity contribution in [3.8, 4) is 11.5 Å². The van der Waals surface area contributed by atoms with Crippen LogP contribution in [-0.4, -0.2) is 20.7 Å². The van der Waals surface area contributed by atoms with Crippen LogP contribution >= 0.6 is 11.6 Å². The minimum Gasteiger partial charge on any atom is -0.436 e. The van der Waals surface area contributed by atoms with Crippen molar-refractivity contribution in [2.24, 2.45) is 0 Å². The van der Waals surface area contributed by atoms with Crippen molar-refractivity contribution in [1.29, 1.82) is 0 Å². The zero-order valence-corrected chi connectivity index (χ0v) is 16.8. The third-order valence-electron chi connectivity index (χ3n) is 4.47. The number of carbonyl (C=O) groups excluding carboxylic acids is 1. The number of non-ortho nitro benzene ring substituents is 2. The summed E-state index contributed by atoms with van der Waals surface area (Å²) < 4.78 is 32.4. The van der Waals surface area contributed by atoms with Gasteiger partial charge in [0.2, 0.25) is 5.89 Å². The summed E-state index contributed by atoms with van der Waals surface area (Å²) in [6.07, 6.45) is 0. The van der Waals surface area contributed by atoms with E-state index in [9.17, 15) is 33.8 Å². The molecule has 0 aliphatic heterocycles. The normalized spacial score (nSPS) is 10.9. The minimum atomic E-state index is -1.14. The number of amides is 1. The van der Waals surface area contributed by atoms with Gasteiger partial charge in [0.1, 0.15) is 5.52 Å². The molecule has 4 rings (SSSR count). The van der Waals surface area contributed by atoms with Crippen molar-refractivity contribution in [3.05, 3.63) is 91.0 Å². The maximum atomic E-state index is 13.6. The number of nitro groups is 2. The fourth-order valence-electron chi connectivity index (χ4n) is 2.95. The SMILES string of the molecule is O=C(Nc1ccc2oc(-c3cc(F)c(F)cc3Cl)nc2c1)c1cc([N+](=O)[O-])cc([N+](=O)[O-])c1. The monoisotopic (exact) mass is 474 g/mol. The molecule has 166 valence electrons. The first-order chi connectivity index (χ1) is 15.6. The molecule has 0 saturated carbocycles. The molecule has 1 heterocycles. The van der Waals surface area contributed by atoms with Gasteiger partial charge in [-0.15, -0.1) is 0 Å². The topological polar surface area (TPSA) is 141 Å². The molecule has 4 aromatic rings. The molecule has 10 nitrogen and oxygen atoms in total. The molecule has 0 fully saturated rings. The molecular formula is C20H9ClF2N4O6. The Bertz CT molecular complexity index is 1440. The van der Waals surface area contributed by atoms with E-state index in [0.29, 0.717) is 0 Å². The van der Waals surface area contributed by atoms with E-state index in [4.69, 9.17) is 16.0 Å². The zero-order valence-electron chi connectivity index (χ0n) is 16.0. The number of anilines is 1. The first-order valence-electron chi connectivity index (χ1n) is 8.93. The van der Waals surface area contributed by atoms with Crippen LogP contribution in [0.2, 0.25) is 5.02 Å². The maximum absolute atomic E-state index is 13.6. The summed E-state index contributed by atoms with van der Waals surface area (Å²) in [5, 5.41) is 24.4. The van der Waals surface area contributed by atoms with Gasteiger partial charge in [0, 0.05) is 17.8 Å². The summed E-state index contributed by atoms with van der Waals surface area (Å²) in [6, 6.07) is 8.41. The summed E-state index contributed by atoms with van der Waals surface area (Å²) in [5.74, 6) is -3.21. The van der Waals surface area contributed by atoms with Crippen LogP contribution in [0.5, 0.6) is 0 Å². The molecule has 0 aliphatic carbocycles. The Balaban J connectivity index is 1.65. The molecule has 13 heteroatoms. The second-order valence-corrected chi connectivity index (χ2v) is 7.06. The number of aromatic nitrogens is 1. The van der Waals surface area contributed by atoms with Gasteiger partial charge in [-0.3, -0.25) is 25.0 Å². The highest BCUT2D eigenvalue weighted by atomic mass is 35.5. The summed E-state index contributed by atoms with van der Waals surface area (Å²) in [6.45, 7) is 0. The number of carbonyl (C=O) groups is 1. The molecule has 0 spiro atoms. The number of hydrogen-bond donors (Lipinski definition) is 1. The van der Waals surface area contributed by atoms with E-state index in [2.05, 4.69) is 10.3 Å². The fraction of sp³-hybridized carbons (Fsp3) is 0. The predicted octanol–water partition coefficient (Wildman–Crippen LogP) is 5.50. The number of nitrogens with zero attached hydrogens (tertiary/aromatic N) is 3. The van der Waals surface area contributed by atoms with Gasteiger partial charge < -0.3 is 9.73 Å². The number of hydrogen-bond acceptors (Lipinski definition) is 7. The van der Waals surface area contributed by atoms with E-state index in [1.807, 2.05) is 0 Å². The molecule has 1 N–H and O–H groups in total. The summed E-state index contributed by atoms with van der Waals surface area (Å²) in [5.41, 5.74) is -0.850. The van der Waals surface area contributed by atoms with Crippen molar-refractivity contribution in [2.75, 3.05) is 5.32 Å². The van der Waals surface area contributed by atoms with Crippen LogP contribution in [0.25, 0.3) is 22.6 Å². The molecule has 0 saturated heterocycles. The second-order valence-electron chi connectivity index (χ2n) is 6.65. The van der Waals surface area contributed by atoms with Crippen LogP contribution in [0, 0.1) is 31.9 Å². The predicted molar refractivity (Wildman–Crippen MR) is 112 cm³/mol. The number of nitro benzene ring substituents is 2. The van der Waals surface area contributed by atoms with Crippen molar-refractivity contribution in [2.45, 2.75) is 0 Å². The Morgan fingerprint density at radius 2 is 1.61 bits per heavy atom. The zero-order chi connectivity index (χ0) is 23.9. The van der Waals surface area contributed by atoms with Crippen LogP contribution in [-0.2, 0) is 0 Å². The van der Waals surface area contributed by atoms with E-state index in [-0.39, 0.29) is 38.8 Å². The standard InChI is InChI=1S/C20H9ClF2N4O6/c21-14-8-16(23)15(22)7-13(14)20-25-17-5-10(1-2-18(17)33-20)24-19(28)9-3-11(26(29)30)6-12(4-9)27(31)32/h1-8H,(H,24,28). The molecule has 0 radical (unpaired) electrons. The van der Waals surface area contributed by atoms with Crippen LogP contribution < -0.4 is 5.32 Å². The lowest BCUT2D eigenvalue weighted by molar-refractivity contribution is -0.394. The minimum absolute atomic E-state index is 0.0151. The number of rotatable bonds is 5. The van der Waals surface area contributed by atoms with E-state index in [1.54, 1.807) is 0 Å².